The molecule has 2 aromatic rings. The van der Waals surface area contributed by atoms with Crippen LogP contribution in [0, 0.1) is 12.8 Å². The Morgan fingerprint density at radius 1 is 1.33 bits per heavy atom. The molecule has 1 saturated carbocycles. The first-order chi connectivity index (χ1) is 11.5. The molecule has 6 heteroatoms. The van der Waals surface area contributed by atoms with E-state index in [1.54, 1.807) is 6.92 Å². The van der Waals surface area contributed by atoms with Gasteiger partial charge in [-0.3, -0.25) is 4.79 Å². The van der Waals surface area contributed by atoms with Crippen LogP contribution in [0.2, 0.25) is 0 Å². The lowest BCUT2D eigenvalue weighted by molar-refractivity contribution is -0.122. The van der Waals surface area contributed by atoms with Crippen molar-refractivity contribution in [1.29, 1.82) is 0 Å². The zero-order valence-electron chi connectivity index (χ0n) is 13.4. The number of carbonyl (C=O) groups is 1. The van der Waals surface area contributed by atoms with Crippen molar-refractivity contribution in [3.8, 4) is 5.75 Å². The maximum Gasteiger partial charge on any atom is 0.348 e. The summed E-state index contributed by atoms with van der Waals surface area (Å²) < 4.78 is 4.94. The molecule has 0 saturated heterocycles. The highest BCUT2D eigenvalue weighted by atomic mass is 16.4. The van der Waals surface area contributed by atoms with Crippen LogP contribution in [0.15, 0.2) is 50.7 Å². The smallest absolute Gasteiger partial charge is 0.348 e. The van der Waals surface area contributed by atoms with Crippen LogP contribution in [0.25, 0.3) is 0 Å². The van der Waals surface area contributed by atoms with Crippen LogP contribution in [0.4, 0.5) is 0 Å². The van der Waals surface area contributed by atoms with Crippen LogP contribution in [0.3, 0.4) is 0 Å². The van der Waals surface area contributed by atoms with Crippen LogP contribution in [-0.2, 0) is 4.79 Å². The largest absolute Gasteiger partial charge is 0.507 e. The first-order valence-corrected chi connectivity index (χ1v) is 7.70. The average Bonchev–Trinajstić information content (AvgIpc) is 3.33. The summed E-state index contributed by atoms with van der Waals surface area (Å²) in [6.07, 6.45) is 0.780. The minimum atomic E-state index is -0.684. The molecule has 1 aromatic heterocycles. The van der Waals surface area contributed by atoms with Crippen molar-refractivity contribution >= 4 is 11.6 Å². The number of benzene rings is 1. The van der Waals surface area contributed by atoms with Gasteiger partial charge in [0.05, 0.1) is 5.71 Å². The predicted molar refractivity (Wildman–Crippen MR) is 89.0 cm³/mol. The summed E-state index contributed by atoms with van der Waals surface area (Å²) in [6, 6.07) is 11.2. The Hall–Kier alpha value is -2.89. The molecule has 1 aliphatic carbocycles. The number of hydrazone groups is 1. The minimum absolute atomic E-state index is 0.0451. The number of hydrogen-bond donors (Lipinski definition) is 2. The Kier molecular flexibility index (Phi) is 4.20. The third kappa shape index (κ3) is 3.22. The second-order valence-corrected chi connectivity index (χ2v) is 5.94. The lowest BCUT2D eigenvalue weighted by atomic mass is 10.1. The SMILES string of the molecule is C/C(=N/NC(=O)[C@@H]1C[C@H]1c1ccccc1)c1c(O)cc(C)oc1=O. The predicted octanol–water partition coefficient (Wildman–Crippen LogP) is 2.30. The van der Waals surface area contributed by atoms with Gasteiger partial charge in [-0.25, -0.2) is 10.2 Å². The van der Waals surface area contributed by atoms with E-state index >= 15 is 0 Å². The van der Waals surface area contributed by atoms with Gasteiger partial charge in [0, 0.05) is 12.0 Å². The molecule has 1 aliphatic rings. The average molecular weight is 326 g/mol. The molecule has 6 nitrogen and oxygen atoms in total. The normalized spacial score (nSPS) is 19.8. The van der Waals surface area contributed by atoms with Gasteiger partial charge in [-0.05, 0) is 31.7 Å². The lowest BCUT2D eigenvalue weighted by Crippen LogP contribution is -2.23. The van der Waals surface area contributed by atoms with Crippen LogP contribution < -0.4 is 11.1 Å². The van der Waals surface area contributed by atoms with Gasteiger partial charge < -0.3 is 9.52 Å². The summed E-state index contributed by atoms with van der Waals surface area (Å²) in [5.41, 5.74) is 3.08. The molecule has 0 spiro atoms. The summed E-state index contributed by atoms with van der Waals surface area (Å²) in [4.78, 5) is 24.0. The van der Waals surface area contributed by atoms with Gasteiger partial charge >= 0.3 is 5.63 Å². The number of rotatable bonds is 4. The molecule has 0 bridgehead atoms. The van der Waals surface area contributed by atoms with Crippen molar-refractivity contribution in [1.82, 2.24) is 5.43 Å². The van der Waals surface area contributed by atoms with Crippen molar-refractivity contribution < 1.29 is 14.3 Å². The number of nitrogens with zero attached hydrogens (tertiary/aromatic N) is 1. The molecule has 0 unspecified atom stereocenters. The molecule has 124 valence electrons. The number of carbonyl (C=O) groups excluding carboxylic acids is 1. The summed E-state index contributed by atoms with van der Waals surface area (Å²) in [6.45, 7) is 3.10. The van der Waals surface area contributed by atoms with Crippen LogP contribution in [0.1, 0.15) is 36.1 Å². The fraction of sp³-hybridized carbons (Fsp3) is 0.278. The Labute approximate surface area is 138 Å². The maximum atomic E-state index is 12.2. The van der Waals surface area contributed by atoms with E-state index in [4.69, 9.17) is 4.42 Å². The number of hydrogen-bond acceptors (Lipinski definition) is 5. The van der Waals surface area contributed by atoms with Gasteiger partial charge in [0.2, 0.25) is 5.91 Å². The third-order valence-corrected chi connectivity index (χ3v) is 4.10. The highest BCUT2D eigenvalue weighted by molar-refractivity contribution is 6.01. The second kappa shape index (κ2) is 6.31. The molecule has 1 fully saturated rings. The standard InChI is InChI=1S/C18H18N2O4/c1-10-8-15(21)16(18(23)24-10)11(2)19-20-17(22)14-9-13(14)12-6-4-3-5-7-12/h3-8,13-14,21H,9H2,1-2H3,(H,20,22)/b19-11-/t13-,14+/m0/s1. The van der Waals surface area contributed by atoms with Gasteiger partial charge in [0.25, 0.3) is 0 Å². The highest BCUT2D eigenvalue weighted by Gasteiger charge is 2.43. The number of amides is 1. The summed E-state index contributed by atoms with van der Waals surface area (Å²) in [5.74, 6) is -0.0136. The zero-order chi connectivity index (χ0) is 17.3. The molecule has 1 aromatic carbocycles. The summed E-state index contributed by atoms with van der Waals surface area (Å²) >= 11 is 0. The van der Waals surface area contributed by atoms with Crippen LogP contribution in [-0.4, -0.2) is 16.7 Å². The van der Waals surface area contributed by atoms with E-state index in [-0.39, 0.29) is 34.8 Å². The van der Waals surface area contributed by atoms with E-state index in [2.05, 4.69) is 10.5 Å². The first kappa shape index (κ1) is 16.0. The highest BCUT2D eigenvalue weighted by Crippen LogP contribution is 2.47. The summed E-state index contributed by atoms with van der Waals surface area (Å²) in [7, 11) is 0. The Bertz CT molecular complexity index is 855. The van der Waals surface area contributed by atoms with E-state index in [0.29, 0.717) is 5.76 Å². The van der Waals surface area contributed by atoms with Crippen LogP contribution in [0.5, 0.6) is 5.75 Å². The Morgan fingerprint density at radius 3 is 2.71 bits per heavy atom. The number of aromatic hydroxyl groups is 1. The molecule has 1 heterocycles. The Balaban J connectivity index is 1.68. The Morgan fingerprint density at radius 2 is 2.04 bits per heavy atom. The molecule has 2 N–H and O–H groups in total. The summed E-state index contributed by atoms with van der Waals surface area (Å²) in [5, 5.41) is 13.8. The van der Waals surface area contributed by atoms with Crippen molar-refractivity contribution in [2.24, 2.45) is 11.0 Å². The van der Waals surface area contributed by atoms with Crippen molar-refractivity contribution in [2.75, 3.05) is 0 Å². The second-order valence-electron chi connectivity index (χ2n) is 5.94. The first-order valence-electron chi connectivity index (χ1n) is 7.70. The van der Waals surface area contributed by atoms with E-state index in [0.717, 1.165) is 12.0 Å². The fourth-order valence-corrected chi connectivity index (χ4v) is 2.76. The lowest BCUT2D eigenvalue weighted by Gasteiger charge is -2.04. The topological polar surface area (TPSA) is 91.9 Å². The maximum absolute atomic E-state index is 12.2. The van der Waals surface area contributed by atoms with Crippen LogP contribution >= 0.6 is 0 Å². The number of nitrogens with one attached hydrogen (secondary N) is 1. The van der Waals surface area contributed by atoms with Crippen molar-refractivity contribution in [3.05, 3.63) is 63.7 Å². The van der Waals surface area contributed by atoms with Gasteiger partial charge in [0.15, 0.2) is 0 Å². The molecule has 0 radical (unpaired) electrons. The van der Waals surface area contributed by atoms with Crippen molar-refractivity contribution in [2.45, 2.75) is 26.2 Å². The molecular formula is C18H18N2O4. The van der Waals surface area contributed by atoms with E-state index in [1.807, 2.05) is 30.3 Å². The minimum Gasteiger partial charge on any atom is -0.507 e. The van der Waals surface area contributed by atoms with Gasteiger partial charge in [-0.1, -0.05) is 30.3 Å². The molecule has 1 amide bonds. The van der Waals surface area contributed by atoms with Crippen molar-refractivity contribution in [3.63, 3.8) is 0 Å². The number of aryl methyl sites for hydroxylation is 1. The van der Waals surface area contributed by atoms with E-state index < -0.39 is 5.63 Å². The molecular weight excluding hydrogens is 308 g/mol. The zero-order valence-corrected chi connectivity index (χ0v) is 13.4. The third-order valence-electron chi connectivity index (χ3n) is 4.10. The van der Waals surface area contributed by atoms with Gasteiger partial charge in [-0.2, -0.15) is 5.10 Å². The monoisotopic (exact) mass is 326 g/mol. The quantitative estimate of drug-likeness (QED) is 0.666. The fourth-order valence-electron chi connectivity index (χ4n) is 2.76. The molecule has 3 rings (SSSR count). The van der Waals surface area contributed by atoms with E-state index in [9.17, 15) is 14.7 Å². The molecule has 0 aliphatic heterocycles. The molecule has 24 heavy (non-hydrogen) atoms. The van der Waals surface area contributed by atoms with Gasteiger partial charge in [0.1, 0.15) is 17.1 Å². The molecule has 2 atom stereocenters. The van der Waals surface area contributed by atoms with Gasteiger partial charge in [-0.15, -0.1) is 0 Å². The van der Waals surface area contributed by atoms with E-state index in [1.165, 1.54) is 13.0 Å².